The Morgan fingerprint density at radius 2 is 2.00 bits per heavy atom. The van der Waals surface area contributed by atoms with E-state index in [0.717, 1.165) is 17.1 Å². The lowest BCUT2D eigenvalue weighted by Crippen LogP contribution is -2.40. The summed E-state index contributed by atoms with van der Waals surface area (Å²) in [4.78, 5) is 11.6. The van der Waals surface area contributed by atoms with Crippen LogP contribution >= 0.6 is 0 Å². The molecule has 0 amide bonds. The Morgan fingerprint density at radius 3 is 2.62 bits per heavy atom. The number of hydrogen-bond acceptors (Lipinski definition) is 4. The van der Waals surface area contributed by atoms with Crippen molar-refractivity contribution in [3.05, 3.63) is 42.2 Å². The normalized spacial score (nSPS) is 11.5. The van der Waals surface area contributed by atoms with Gasteiger partial charge in [0, 0.05) is 19.3 Å². The molecule has 6 heteroatoms. The summed E-state index contributed by atoms with van der Waals surface area (Å²) in [6.45, 7) is 4.79. The molecule has 0 radical (unpaired) electrons. The molecule has 0 bridgehead atoms. The Kier molecular flexibility index (Phi) is 5.98. The number of hydrogen-bond donors (Lipinski definition) is 2. The van der Waals surface area contributed by atoms with Gasteiger partial charge in [-0.2, -0.15) is 5.10 Å². The van der Waals surface area contributed by atoms with E-state index in [4.69, 9.17) is 4.74 Å². The number of nitrogens with one attached hydrogen (secondary N) is 1. The van der Waals surface area contributed by atoms with Crippen molar-refractivity contribution in [1.82, 2.24) is 15.1 Å². The van der Waals surface area contributed by atoms with Gasteiger partial charge in [0.2, 0.25) is 0 Å². The number of aromatic nitrogens is 2. The van der Waals surface area contributed by atoms with Gasteiger partial charge in [0.05, 0.1) is 18.2 Å². The van der Waals surface area contributed by atoms with E-state index in [1.54, 1.807) is 13.3 Å². The molecule has 0 aliphatic rings. The number of para-hydroxylation sites is 2. The fourth-order valence-corrected chi connectivity index (χ4v) is 2.79. The van der Waals surface area contributed by atoms with Gasteiger partial charge in [0.15, 0.2) is 0 Å². The van der Waals surface area contributed by atoms with Gasteiger partial charge >= 0.3 is 5.97 Å². The van der Waals surface area contributed by atoms with Crippen molar-refractivity contribution in [2.45, 2.75) is 33.2 Å². The fraction of sp³-hybridized carbons (Fsp3) is 0.444. The number of rotatable bonds is 9. The molecular weight excluding hydrogens is 306 g/mol. The zero-order chi connectivity index (χ0) is 17.6. The number of carboxylic acids is 1. The van der Waals surface area contributed by atoms with Crippen molar-refractivity contribution >= 4 is 5.97 Å². The summed E-state index contributed by atoms with van der Waals surface area (Å²) in [5, 5.41) is 17.2. The van der Waals surface area contributed by atoms with E-state index in [2.05, 4.69) is 10.4 Å². The average Bonchev–Trinajstić information content (AvgIpc) is 3.07. The lowest BCUT2D eigenvalue weighted by atomic mass is 9.82. The highest BCUT2D eigenvalue weighted by Gasteiger charge is 2.34. The average molecular weight is 331 g/mol. The monoisotopic (exact) mass is 331 g/mol. The number of nitrogens with zero attached hydrogens (tertiary/aromatic N) is 2. The topological polar surface area (TPSA) is 76.4 Å². The number of carboxylic acid groups (broad SMARTS) is 1. The highest BCUT2D eigenvalue weighted by Crippen LogP contribution is 2.26. The van der Waals surface area contributed by atoms with Crippen LogP contribution in [-0.2, 0) is 11.3 Å². The van der Waals surface area contributed by atoms with Crippen LogP contribution in [0.5, 0.6) is 5.75 Å². The summed E-state index contributed by atoms with van der Waals surface area (Å²) < 4.78 is 7.20. The van der Waals surface area contributed by atoms with Crippen LogP contribution < -0.4 is 10.1 Å². The summed E-state index contributed by atoms with van der Waals surface area (Å²) in [5.74, 6) is -0.0114. The second kappa shape index (κ2) is 7.97. The summed E-state index contributed by atoms with van der Waals surface area (Å²) in [5.41, 5.74) is 1.08. The molecule has 1 heterocycles. The van der Waals surface area contributed by atoms with Crippen LogP contribution in [0.4, 0.5) is 0 Å². The molecule has 2 aromatic rings. The van der Waals surface area contributed by atoms with Crippen LogP contribution in [0.2, 0.25) is 0 Å². The number of ether oxygens (including phenoxy) is 1. The Morgan fingerprint density at radius 1 is 1.29 bits per heavy atom. The molecular formula is C18H25N3O3. The van der Waals surface area contributed by atoms with Gasteiger partial charge in [-0.3, -0.25) is 4.79 Å². The van der Waals surface area contributed by atoms with Gasteiger partial charge in [-0.1, -0.05) is 26.0 Å². The highest BCUT2D eigenvalue weighted by atomic mass is 16.5. The maximum absolute atomic E-state index is 11.6. The van der Waals surface area contributed by atoms with Crippen molar-refractivity contribution in [1.29, 1.82) is 0 Å². The number of benzene rings is 1. The first-order chi connectivity index (χ1) is 11.6. The largest absolute Gasteiger partial charge is 0.494 e. The van der Waals surface area contributed by atoms with Crippen LogP contribution in [0.15, 0.2) is 36.5 Å². The van der Waals surface area contributed by atoms with Gasteiger partial charge in [-0.05, 0) is 31.0 Å². The van der Waals surface area contributed by atoms with Gasteiger partial charge in [0.25, 0.3) is 0 Å². The molecule has 2 N–H and O–H groups in total. The predicted molar refractivity (Wildman–Crippen MR) is 92.5 cm³/mol. The quantitative estimate of drug-likeness (QED) is 0.739. The van der Waals surface area contributed by atoms with Crippen LogP contribution in [0.1, 0.15) is 32.4 Å². The molecule has 0 spiro atoms. The first kappa shape index (κ1) is 18.0. The third-order valence-electron chi connectivity index (χ3n) is 4.61. The smallest absolute Gasteiger partial charge is 0.310 e. The third-order valence-corrected chi connectivity index (χ3v) is 4.61. The fourth-order valence-electron chi connectivity index (χ4n) is 2.79. The van der Waals surface area contributed by atoms with Crippen molar-refractivity contribution in [2.24, 2.45) is 5.41 Å². The van der Waals surface area contributed by atoms with E-state index >= 15 is 0 Å². The van der Waals surface area contributed by atoms with Gasteiger partial charge in [-0.25, -0.2) is 4.68 Å². The number of carbonyl (C=O) groups is 1. The number of methoxy groups -OCH3 is 1. The Labute approximate surface area is 142 Å². The maximum Gasteiger partial charge on any atom is 0.310 e. The van der Waals surface area contributed by atoms with E-state index in [1.165, 1.54) is 0 Å². The van der Waals surface area contributed by atoms with Gasteiger partial charge < -0.3 is 15.2 Å². The zero-order valence-corrected chi connectivity index (χ0v) is 14.5. The first-order valence-electron chi connectivity index (χ1n) is 8.18. The van der Waals surface area contributed by atoms with Crippen LogP contribution in [-0.4, -0.2) is 34.5 Å². The highest BCUT2D eigenvalue weighted by molar-refractivity contribution is 5.74. The molecule has 1 aromatic carbocycles. The molecule has 0 unspecified atom stereocenters. The molecule has 2 rings (SSSR count). The summed E-state index contributed by atoms with van der Waals surface area (Å²) in [6.07, 6.45) is 2.92. The molecule has 0 saturated carbocycles. The SMILES string of the molecule is CCC(CC)(CNCc1ccnn1-c1ccccc1OC)C(=O)O. The minimum Gasteiger partial charge on any atom is -0.494 e. The van der Waals surface area contributed by atoms with Crippen LogP contribution in [0, 0.1) is 5.41 Å². The van der Waals surface area contributed by atoms with Crippen molar-refractivity contribution in [3.8, 4) is 11.4 Å². The third kappa shape index (κ3) is 3.59. The minimum absolute atomic E-state index is 0.423. The summed E-state index contributed by atoms with van der Waals surface area (Å²) in [7, 11) is 1.63. The first-order valence-corrected chi connectivity index (χ1v) is 8.18. The Bertz CT molecular complexity index is 678. The molecule has 1 aromatic heterocycles. The van der Waals surface area contributed by atoms with Gasteiger partial charge in [0.1, 0.15) is 11.4 Å². The molecule has 0 fully saturated rings. The standard InChI is InChI=1S/C18H25N3O3/c1-4-18(5-2,17(22)23)13-19-12-14-10-11-20-21(14)15-8-6-7-9-16(15)24-3/h6-11,19H,4-5,12-13H2,1-3H3,(H,22,23). The van der Waals surface area contributed by atoms with E-state index in [1.807, 2.05) is 48.9 Å². The Hall–Kier alpha value is -2.34. The van der Waals surface area contributed by atoms with E-state index in [0.29, 0.717) is 25.9 Å². The predicted octanol–water partition coefficient (Wildman–Crippen LogP) is 2.86. The zero-order valence-electron chi connectivity index (χ0n) is 14.5. The van der Waals surface area contributed by atoms with Crippen molar-refractivity contribution in [3.63, 3.8) is 0 Å². The molecule has 130 valence electrons. The number of aliphatic carboxylic acids is 1. The van der Waals surface area contributed by atoms with Crippen molar-refractivity contribution in [2.75, 3.05) is 13.7 Å². The molecule has 0 saturated heterocycles. The second-order valence-corrected chi connectivity index (χ2v) is 5.80. The van der Waals surface area contributed by atoms with E-state index in [-0.39, 0.29) is 0 Å². The lowest BCUT2D eigenvalue weighted by molar-refractivity contribution is -0.149. The molecule has 0 aliphatic heterocycles. The maximum atomic E-state index is 11.6. The lowest BCUT2D eigenvalue weighted by Gasteiger charge is -2.27. The van der Waals surface area contributed by atoms with Gasteiger partial charge in [-0.15, -0.1) is 0 Å². The minimum atomic E-state index is -0.752. The van der Waals surface area contributed by atoms with Crippen LogP contribution in [0.25, 0.3) is 5.69 Å². The second-order valence-electron chi connectivity index (χ2n) is 5.80. The molecule has 24 heavy (non-hydrogen) atoms. The summed E-state index contributed by atoms with van der Waals surface area (Å²) >= 11 is 0. The molecule has 6 nitrogen and oxygen atoms in total. The van der Waals surface area contributed by atoms with Crippen LogP contribution in [0.3, 0.4) is 0 Å². The summed E-state index contributed by atoms with van der Waals surface area (Å²) in [6, 6.07) is 9.58. The molecule has 0 aliphatic carbocycles. The van der Waals surface area contributed by atoms with E-state index < -0.39 is 11.4 Å². The molecule has 0 atom stereocenters. The Balaban J connectivity index is 2.13. The van der Waals surface area contributed by atoms with Crippen molar-refractivity contribution < 1.29 is 14.6 Å². The van der Waals surface area contributed by atoms with E-state index in [9.17, 15) is 9.90 Å².